The average molecular weight is 780 g/mol. The molecule has 4 aromatic carbocycles. The number of nitrogens with zero attached hydrogens (tertiary/aromatic N) is 4. The Hall–Kier alpha value is -5.39. The number of phenols is 1. The topological polar surface area (TPSA) is 115 Å². The summed E-state index contributed by atoms with van der Waals surface area (Å²) in [5.41, 5.74) is 8.95. The molecular weight excluding hydrogens is 731 g/mol. The maximum atomic E-state index is 13.4. The van der Waals surface area contributed by atoms with Gasteiger partial charge < -0.3 is 29.3 Å². The Kier molecular flexibility index (Phi) is 8.55. The van der Waals surface area contributed by atoms with Gasteiger partial charge in [0.2, 0.25) is 11.8 Å². The van der Waals surface area contributed by atoms with Crippen LogP contribution in [0.25, 0.3) is 0 Å². The predicted octanol–water partition coefficient (Wildman–Crippen LogP) is 5.19. The maximum Gasteiger partial charge on any atom is 0.255 e. The third-order valence-corrected chi connectivity index (χ3v) is 14.1. The molecule has 11 rings (SSSR count). The molecule has 5 atom stereocenters. The Bertz CT molecular complexity index is 2290. The molecule has 4 aromatic rings. The molecule has 4 saturated heterocycles. The first kappa shape index (κ1) is 35.7. The molecule has 3 amide bonds. The van der Waals surface area contributed by atoms with Crippen LogP contribution in [-0.4, -0.2) is 103 Å². The Balaban J connectivity index is 0.707. The number of hydrogen-bond acceptors (Lipinski definition) is 9. The number of rotatable bonds is 6. The number of anilines is 2. The van der Waals surface area contributed by atoms with E-state index in [0.717, 1.165) is 82.1 Å². The Morgan fingerprint density at radius 1 is 0.828 bits per heavy atom. The highest BCUT2D eigenvalue weighted by Gasteiger charge is 2.50. The summed E-state index contributed by atoms with van der Waals surface area (Å²) < 4.78 is 12.9. The quantitative estimate of drug-likeness (QED) is 0.255. The van der Waals surface area contributed by atoms with Crippen LogP contribution in [0.4, 0.5) is 11.4 Å². The number of aromatic hydroxyl groups is 1. The number of ether oxygens (including phenoxy) is 2. The minimum Gasteiger partial charge on any atom is -0.508 e. The molecule has 1 aliphatic carbocycles. The molecule has 298 valence electrons. The molecule has 6 aliphatic heterocycles. The summed E-state index contributed by atoms with van der Waals surface area (Å²) in [6, 6.07) is 29.5. The number of nitrogens with one attached hydrogen (secondary N) is 1. The lowest BCUT2D eigenvalue weighted by molar-refractivity contribution is -0.136. The van der Waals surface area contributed by atoms with Crippen LogP contribution in [0.5, 0.6) is 11.5 Å². The lowest BCUT2D eigenvalue weighted by Gasteiger charge is -2.49. The molecule has 6 heterocycles. The van der Waals surface area contributed by atoms with E-state index >= 15 is 0 Å². The first-order valence-corrected chi connectivity index (χ1v) is 21.1. The summed E-state index contributed by atoms with van der Waals surface area (Å²) in [6.07, 6.45) is 3.68. The molecule has 2 N–H and O–H groups in total. The number of piperazine rings is 1. The summed E-state index contributed by atoms with van der Waals surface area (Å²) in [4.78, 5) is 46.7. The van der Waals surface area contributed by atoms with Crippen LogP contribution in [-0.2, 0) is 27.3 Å². The fourth-order valence-corrected chi connectivity index (χ4v) is 11.3. The molecule has 1 unspecified atom stereocenters. The van der Waals surface area contributed by atoms with Gasteiger partial charge in [-0.1, -0.05) is 48.5 Å². The summed E-state index contributed by atoms with van der Waals surface area (Å²) in [7, 11) is 0. The van der Waals surface area contributed by atoms with Gasteiger partial charge in [-0.3, -0.25) is 24.6 Å². The summed E-state index contributed by atoms with van der Waals surface area (Å²) in [5, 5.41) is 12.6. The standard InChI is InChI=1S/C47H49N5O6/c53-36-11-13-38-32(18-36)8-12-37(30-4-2-1-3-5-30)44(38)31-6-9-34(10-7-31)50-27-47(28-50)21-29(25-58-47)22-49-16-17-51-35(24-49)26-57-42-20-39-33(19-41(42)51)23-52(46(39)56)40-14-15-43(54)48-45(40)55/h1-7,9-11,13,18-20,29,35,37,40,44,53H,8,12,14-17,21-28H2,(H,48,54,55)/t29?,35-,37-,40-,44+/m0/s1. The van der Waals surface area contributed by atoms with Gasteiger partial charge in [0.05, 0.1) is 18.3 Å². The summed E-state index contributed by atoms with van der Waals surface area (Å²) >= 11 is 0. The second kappa shape index (κ2) is 13.9. The molecule has 0 saturated carbocycles. The van der Waals surface area contributed by atoms with Crippen LogP contribution in [0, 0.1) is 5.92 Å². The van der Waals surface area contributed by atoms with E-state index in [-0.39, 0.29) is 35.8 Å². The van der Waals surface area contributed by atoms with Gasteiger partial charge in [0.25, 0.3) is 5.91 Å². The first-order valence-electron chi connectivity index (χ1n) is 21.1. The molecule has 11 nitrogen and oxygen atoms in total. The van der Waals surface area contributed by atoms with Crippen LogP contribution in [0.15, 0.2) is 84.9 Å². The highest BCUT2D eigenvalue weighted by molar-refractivity contribution is 6.06. The van der Waals surface area contributed by atoms with Crippen molar-refractivity contribution in [3.8, 4) is 11.5 Å². The van der Waals surface area contributed by atoms with E-state index < -0.39 is 11.9 Å². The molecule has 11 heteroatoms. The van der Waals surface area contributed by atoms with E-state index in [0.29, 0.717) is 42.7 Å². The van der Waals surface area contributed by atoms with Gasteiger partial charge >= 0.3 is 0 Å². The minimum absolute atomic E-state index is 0.0830. The molecule has 0 radical (unpaired) electrons. The number of benzene rings is 4. The van der Waals surface area contributed by atoms with Crippen molar-refractivity contribution in [2.24, 2.45) is 5.92 Å². The molecule has 1 spiro atoms. The van der Waals surface area contributed by atoms with Crippen LogP contribution in [0.1, 0.15) is 75.7 Å². The fourth-order valence-electron chi connectivity index (χ4n) is 11.3. The lowest BCUT2D eigenvalue weighted by Crippen LogP contribution is -2.62. The van der Waals surface area contributed by atoms with Gasteiger partial charge in [-0.25, -0.2) is 0 Å². The van der Waals surface area contributed by atoms with E-state index in [1.165, 1.54) is 27.9 Å². The minimum atomic E-state index is -0.628. The number of carbonyl (C=O) groups is 3. The van der Waals surface area contributed by atoms with Crippen molar-refractivity contribution >= 4 is 29.1 Å². The van der Waals surface area contributed by atoms with E-state index in [1.807, 2.05) is 18.2 Å². The van der Waals surface area contributed by atoms with Gasteiger partial charge in [0, 0.05) is 69.4 Å². The zero-order chi connectivity index (χ0) is 39.1. The van der Waals surface area contributed by atoms with E-state index in [9.17, 15) is 19.5 Å². The second-order valence-corrected chi connectivity index (χ2v) is 17.7. The van der Waals surface area contributed by atoms with Crippen molar-refractivity contribution in [1.29, 1.82) is 0 Å². The molecule has 0 bridgehead atoms. The van der Waals surface area contributed by atoms with Crippen LogP contribution in [0.3, 0.4) is 0 Å². The Morgan fingerprint density at radius 2 is 1.67 bits per heavy atom. The number of hydrogen-bond donors (Lipinski definition) is 2. The van der Waals surface area contributed by atoms with Crippen molar-refractivity contribution in [1.82, 2.24) is 15.1 Å². The number of phenolic OH excluding ortho intramolecular Hbond substituents is 1. The highest BCUT2D eigenvalue weighted by atomic mass is 16.5. The first-order chi connectivity index (χ1) is 28.3. The van der Waals surface area contributed by atoms with Crippen molar-refractivity contribution in [3.05, 3.63) is 118 Å². The lowest BCUT2D eigenvalue weighted by atomic mass is 9.69. The van der Waals surface area contributed by atoms with E-state index in [2.05, 4.69) is 86.7 Å². The van der Waals surface area contributed by atoms with Crippen molar-refractivity contribution < 1.29 is 29.0 Å². The number of imide groups is 1. The van der Waals surface area contributed by atoms with Gasteiger partial charge in [-0.2, -0.15) is 0 Å². The summed E-state index contributed by atoms with van der Waals surface area (Å²) in [6.45, 7) is 7.30. The fraction of sp³-hybridized carbons (Fsp3) is 0.426. The average Bonchev–Trinajstić information content (AvgIpc) is 3.79. The second-order valence-electron chi connectivity index (χ2n) is 17.7. The molecule has 58 heavy (non-hydrogen) atoms. The van der Waals surface area contributed by atoms with Gasteiger partial charge in [0.15, 0.2) is 0 Å². The Morgan fingerprint density at radius 3 is 2.50 bits per heavy atom. The van der Waals surface area contributed by atoms with Gasteiger partial charge in [-0.05, 0) is 102 Å². The molecule has 7 aliphatic rings. The number of fused-ring (bicyclic) bond motifs is 5. The smallest absolute Gasteiger partial charge is 0.255 e. The largest absolute Gasteiger partial charge is 0.508 e. The zero-order valence-corrected chi connectivity index (χ0v) is 32.6. The Labute approximate surface area is 338 Å². The van der Waals surface area contributed by atoms with Crippen LogP contribution >= 0.6 is 0 Å². The predicted molar refractivity (Wildman–Crippen MR) is 218 cm³/mol. The SMILES string of the molecule is O=C1CC[C@H](N2Cc3cc4c(cc3C2=O)OC[C@@H]2CN(CC3COC5(C3)CN(c3ccc([C@H]6c7ccc(O)cc7CC[C@H]6c6ccccc6)cc3)C5)CCN42)C(=O)N1. The maximum absolute atomic E-state index is 13.4. The normalized spacial score (nSPS) is 27.3. The van der Waals surface area contributed by atoms with E-state index in [4.69, 9.17) is 9.47 Å². The van der Waals surface area contributed by atoms with Gasteiger partial charge in [0.1, 0.15) is 29.7 Å². The number of aryl methyl sites for hydroxylation is 1. The number of amides is 3. The van der Waals surface area contributed by atoms with E-state index in [1.54, 1.807) is 4.90 Å². The third kappa shape index (κ3) is 6.12. The van der Waals surface area contributed by atoms with Crippen LogP contribution in [0.2, 0.25) is 0 Å². The van der Waals surface area contributed by atoms with Crippen molar-refractivity contribution in [2.75, 3.05) is 62.3 Å². The molecule has 4 fully saturated rings. The van der Waals surface area contributed by atoms with Gasteiger partial charge in [-0.15, -0.1) is 0 Å². The molecular formula is C47H49N5O6. The van der Waals surface area contributed by atoms with Crippen molar-refractivity contribution in [3.63, 3.8) is 0 Å². The molecule has 0 aromatic heterocycles. The summed E-state index contributed by atoms with van der Waals surface area (Å²) in [5.74, 6) is 1.34. The number of carbonyl (C=O) groups excluding carboxylic acids is 3. The number of piperidine rings is 1. The highest BCUT2D eigenvalue weighted by Crippen LogP contribution is 2.48. The third-order valence-electron chi connectivity index (χ3n) is 14.1. The monoisotopic (exact) mass is 779 g/mol. The van der Waals surface area contributed by atoms with Crippen LogP contribution < -0.4 is 19.9 Å². The zero-order valence-electron chi connectivity index (χ0n) is 32.6. The van der Waals surface area contributed by atoms with Crippen molar-refractivity contribution in [2.45, 2.75) is 68.2 Å².